The van der Waals surface area contributed by atoms with E-state index in [1.54, 1.807) is 23.9 Å². The second-order valence-electron chi connectivity index (χ2n) is 8.37. The van der Waals surface area contributed by atoms with Gasteiger partial charge in [0.1, 0.15) is 17.5 Å². The van der Waals surface area contributed by atoms with Crippen LogP contribution in [0.5, 0.6) is 5.88 Å². The van der Waals surface area contributed by atoms with Gasteiger partial charge in [0.05, 0.1) is 24.7 Å². The molecule has 9 heteroatoms. The number of pyridine rings is 2. The van der Waals surface area contributed by atoms with Gasteiger partial charge in [-0.15, -0.1) is 0 Å². The number of nitrogens with zero attached hydrogens (tertiary/aromatic N) is 5. The molecule has 3 N–H and O–H groups in total. The van der Waals surface area contributed by atoms with Crippen LogP contribution >= 0.6 is 0 Å². The number of nitrogens with two attached hydrogens (primary N) is 1. The van der Waals surface area contributed by atoms with Crippen molar-refractivity contribution in [2.75, 3.05) is 18.2 Å². The van der Waals surface area contributed by atoms with E-state index in [1.807, 2.05) is 67.6 Å². The van der Waals surface area contributed by atoms with Crippen molar-refractivity contribution in [3.05, 3.63) is 101 Å². The van der Waals surface area contributed by atoms with Crippen molar-refractivity contribution in [3.63, 3.8) is 0 Å². The molecular formula is C28H23N7O2. The maximum atomic E-state index is 14.2. The van der Waals surface area contributed by atoms with Gasteiger partial charge in [0.25, 0.3) is 5.56 Å². The smallest absolute Gasteiger partial charge is 0.263 e. The number of fused-ring (bicyclic) bond motifs is 1. The Morgan fingerprint density at radius 1 is 1.05 bits per heavy atom. The number of hydrogen-bond donors (Lipinski definition) is 2. The Kier molecular flexibility index (Phi) is 6.22. The SMILES string of the molecule is COc1ccc(-c2cccc3cc([C@H](C)Nc4nc(N)ncc4C#N)n(-c4ccccc4)c(=O)c23)cn1. The molecule has 0 spiro atoms. The number of methoxy groups -OCH3 is 1. The highest BCUT2D eigenvalue weighted by Crippen LogP contribution is 2.30. The molecule has 0 radical (unpaired) electrons. The molecular weight excluding hydrogens is 466 g/mol. The van der Waals surface area contributed by atoms with E-state index < -0.39 is 6.04 Å². The molecule has 3 heterocycles. The number of hydrogen-bond acceptors (Lipinski definition) is 8. The lowest BCUT2D eigenvalue weighted by atomic mass is 9.99. The van der Waals surface area contributed by atoms with Crippen LogP contribution < -0.4 is 21.3 Å². The van der Waals surface area contributed by atoms with Crippen LogP contribution in [0, 0.1) is 11.3 Å². The van der Waals surface area contributed by atoms with Gasteiger partial charge < -0.3 is 15.8 Å². The first-order valence-corrected chi connectivity index (χ1v) is 11.5. The van der Waals surface area contributed by atoms with Crippen LogP contribution in [0.4, 0.5) is 11.8 Å². The van der Waals surface area contributed by atoms with E-state index in [1.165, 1.54) is 6.20 Å². The minimum absolute atomic E-state index is 0.0467. The Balaban J connectivity index is 1.73. The summed E-state index contributed by atoms with van der Waals surface area (Å²) in [6.45, 7) is 1.90. The fraction of sp³-hybridized carbons (Fsp3) is 0.107. The third kappa shape index (κ3) is 4.44. The first kappa shape index (κ1) is 23.5. The molecule has 0 unspecified atom stereocenters. The number of anilines is 2. The molecule has 0 bridgehead atoms. The highest BCUT2D eigenvalue weighted by atomic mass is 16.5. The number of benzene rings is 2. The largest absolute Gasteiger partial charge is 0.481 e. The van der Waals surface area contributed by atoms with Gasteiger partial charge in [0.2, 0.25) is 11.8 Å². The van der Waals surface area contributed by atoms with Crippen molar-refractivity contribution in [1.82, 2.24) is 19.5 Å². The molecule has 0 saturated heterocycles. The van der Waals surface area contributed by atoms with Crippen LogP contribution in [0.25, 0.3) is 27.6 Å². The van der Waals surface area contributed by atoms with Crippen LogP contribution in [0.1, 0.15) is 24.2 Å². The minimum atomic E-state index is -0.412. The zero-order valence-corrected chi connectivity index (χ0v) is 20.2. The van der Waals surface area contributed by atoms with Crippen LogP contribution in [0.2, 0.25) is 0 Å². The number of ether oxygens (including phenoxy) is 1. The van der Waals surface area contributed by atoms with Crippen molar-refractivity contribution in [3.8, 4) is 28.8 Å². The second kappa shape index (κ2) is 9.79. The molecule has 5 rings (SSSR count). The Morgan fingerprint density at radius 3 is 2.57 bits per heavy atom. The molecule has 0 aliphatic rings. The van der Waals surface area contributed by atoms with Gasteiger partial charge in [0.15, 0.2) is 0 Å². The summed E-state index contributed by atoms with van der Waals surface area (Å²) >= 11 is 0. The summed E-state index contributed by atoms with van der Waals surface area (Å²) in [5.74, 6) is 0.841. The molecule has 0 aliphatic carbocycles. The van der Waals surface area contributed by atoms with Gasteiger partial charge in [-0.1, -0.05) is 36.4 Å². The molecule has 2 aromatic carbocycles. The Hall–Kier alpha value is -5.23. The lowest BCUT2D eigenvalue weighted by Crippen LogP contribution is -2.26. The second-order valence-corrected chi connectivity index (χ2v) is 8.37. The van der Waals surface area contributed by atoms with Gasteiger partial charge in [-0.3, -0.25) is 9.36 Å². The third-order valence-corrected chi connectivity index (χ3v) is 6.07. The first-order valence-electron chi connectivity index (χ1n) is 11.5. The van der Waals surface area contributed by atoms with Crippen molar-refractivity contribution in [2.24, 2.45) is 0 Å². The lowest BCUT2D eigenvalue weighted by Gasteiger charge is -2.22. The van der Waals surface area contributed by atoms with E-state index >= 15 is 0 Å². The van der Waals surface area contributed by atoms with Gasteiger partial charge in [-0.05, 0) is 42.1 Å². The molecule has 0 amide bonds. The molecule has 9 nitrogen and oxygen atoms in total. The summed E-state index contributed by atoms with van der Waals surface area (Å²) < 4.78 is 6.86. The Morgan fingerprint density at radius 2 is 1.86 bits per heavy atom. The Labute approximate surface area is 212 Å². The quantitative estimate of drug-likeness (QED) is 0.357. The van der Waals surface area contributed by atoms with Gasteiger partial charge in [-0.25, -0.2) is 9.97 Å². The van der Waals surface area contributed by atoms with Gasteiger partial charge in [0, 0.05) is 29.2 Å². The molecule has 5 aromatic rings. The number of para-hydroxylation sites is 1. The van der Waals surface area contributed by atoms with Crippen LogP contribution in [0.15, 0.2) is 83.9 Å². The van der Waals surface area contributed by atoms with Crippen LogP contribution in [-0.4, -0.2) is 26.6 Å². The highest BCUT2D eigenvalue weighted by molar-refractivity contribution is 5.96. The van der Waals surface area contributed by atoms with Crippen LogP contribution in [-0.2, 0) is 0 Å². The number of nitriles is 1. The molecule has 3 aromatic heterocycles. The summed E-state index contributed by atoms with van der Waals surface area (Å²) in [5, 5.41) is 14.1. The maximum Gasteiger partial charge on any atom is 0.263 e. The summed E-state index contributed by atoms with van der Waals surface area (Å²) in [6, 6.07) is 22.4. The molecule has 0 fully saturated rings. The van der Waals surface area contributed by atoms with Crippen molar-refractivity contribution in [1.29, 1.82) is 5.26 Å². The van der Waals surface area contributed by atoms with Crippen molar-refractivity contribution < 1.29 is 4.74 Å². The summed E-state index contributed by atoms with van der Waals surface area (Å²) in [5.41, 5.74) is 8.81. The standard InChI is InChI=1S/C28H23N7O2/c1-17(33-26-20(14-29)16-32-28(30)34-26)23-13-18-7-6-10-22(19-11-12-24(37-2)31-15-19)25(18)27(36)35(23)21-8-4-3-5-9-21/h3-13,15-17H,1-2H3,(H3,30,32,33,34)/t17-/m0/s1. The monoisotopic (exact) mass is 489 g/mol. The molecule has 0 aliphatic heterocycles. The van der Waals surface area contributed by atoms with Crippen molar-refractivity contribution >= 4 is 22.5 Å². The molecule has 37 heavy (non-hydrogen) atoms. The molecule has 182 valence electrons. The normalized spacial score (nSPS) is 11.6. The zero-order valence-electron chi connectivity index (χ0n) is 20.2. The van der Waals surface area contributed by atoms with E-state index in [2.05, 4.69) is 26.3 Å². The average Bonchev–Trinajstić information content (AvgIpc) is 2.93. The number of aromatic nitrogens is 4. The molecule has 0 saturated carbocycles. The summed E-state index contributed by atoms with van der Waals surface area (Å²) in [6.07, 6.45) is 3.07. The first-order chi connectivity index (χ1) is 18.0. The molecule has 1 atom stereocenters. The highest BCUT2D eigenvalue weighted by Gasteiger charge is 2.20. The van der Waals surface area contributed by atoms with Crippen molar-refractivity contribution in [2.45, 2.75) is 13.0 Å². The summed E-state index contributed by atoms with van der Waals surface area (Å²) in [7, 11) is 1.56. The van der Waals surface area contributed by atoms with E-state index in [0.29, 0.717) is 28.5 Å². The van der Waals surface area contributed by atoms with E-state index in [4.69, 9.17) is 10.5 Å². The Bertz CT molecular complexity index is 1690. The zero-order chi connectivity index (χ0) is 25.9. The fourth-order valence-corrected chi connectivity index (χ4v) is 4.31. The summed E-state index contributed by atoms with van der Waals surface area (Å²) in [4.78, 5) is 26.6. The average molecular weight is 490 g/mol. The number of rotatable bonds is 6. The van der Waals surface area contributed by atoms with Gasteiger partial charge >= 0.3 is 0 Å². The van der Waals surface area contributed by atoms with E-state index in [9.17, 15) is 10.1 Å². The van der Waals surface area contributed by atoms with Gasteiger partial charge in [-0.2, -0.15) is 10.2 Å². The maximum absolute atomic E-state index is 14.2. The third-order valence-electron chi connectivity index (χ3n) is 6.07. The topological polar surface area (TPSA) is 132 Å². The van der Waals surface area contributed by atoms with E-state index in [0.717, 1.165) is 16.5 Å². The number of nitrogens with one attached hydrogen (secondary N) is 1. The predicted octanol–water partition coefficient (Wildman–Crippen LogP) is 4.48. The minimum Gasteiger partial charge on any atom is -0.481 e. The fourth-order valence-electron chi connectivity index (χ4n) is 4.31. The number of nitrogen functional groups attached to an aromatic ring is 1. The lowest BCUT2D eigenvalue weighted by molar-refractivity contribution is 0.398. The van der Waals surface area contributed by atoms with Crippen LogP contribution in [0.3, 0.4) is 0 Å². The predicted molar refractivity (Wildman–Crippen MR) is 143 cm³/mol. The van der Waals surface area contributed by atoms with E-state index in [-0.39, 0.29) is 17.1 Å².